The maximum Gasteiger partial charge on any atom is 0.435 e. The van der Waals surface area contributed by atoms with E-state index in [-0.39, 0.29) is 5.92 Å². The first-order valence-corrected chi connectivity index (χ1v) is 5.33. The number of aryl methyl sites for hydroxylation is 1. The van der Waals surface area contributed by atoms with E-state index in [1.165, 1.54) is 0 Å². The first-order chi connectivity index (χ1) is 7.54. The van der Waals surface area contributed by atoms with Crippen LogP contribution in [0.25, 0.3) is 0 Å². The van der Waals surface area contributed by atoms with Crippen LogP contribution in [0, 0.1) is 0 Å². The number of likely N-dealkylation sites (N-methyl/N-ethyl adjacent to an activating group) is 1. The third-order valence-electron chi connectivity index (χ3n) is 2.99. The van der Waals surface area contributed by atoms with Gasteiger partial charge in [0.05, 0.1) is 0 Å². The van der Waals surface area contributed by atoms with Gasteiger partial charge in [0.15, 0.2) is 5.69 Å². The van der Waals surface area contributed by atoms with Gasteiger partial charge in [-0.1, -0.05) is 0 Å². The number of aromatic amines is 1. The molecule has 0 aromatic carbocycles. The summed E-state index contributed by atoms with van der Waals surface area (Å²) in [7, 11) is 1.75. The molecular formula is C10H14F3N3. The van der Waals surface area contributed by atoms with Crippen molar-refractivity contribution in [1.82, 2.24) is 15.5 Å². The Kier molecular flexibility index (Phi) is 2.92. The van der Waals surface area contributed by atoms with Gasteiger partial charge >= 0.3 is 6.18 Å². The Hall–Kier alpha value is -1.04. The van der Waals surface area contributed by atoms with Crippen LogP contribution in [0.1, 0.15) is 35.7 Å². The molecule has 0 fully saturated rings. The molecule has 1 heterocycles. The average molecular weight is 233 g/mol. The first-order valence-electron chi connectivity index (χ1n) is 5.33. The van der Waals surface area contributed by atoms with Gasteiger partial charge in [-0.3, -0.25) is 5.10 Å². The fourth-order valence-electron chi connectivity index (χ4n) is 2.35. The maximum atomic E-state index is 12.7. The molecule has 16 heavy (non-hydrogen) atoms. The van der Waals surface area contributed by atoms with E-state index in [0.717, 1.165) is 12.8 Å². The zero-order valence-corrected chi connectivity index (χ0v) is 8.99. The van der Waals surface area contributed by atoms with Crippen LogP contribution in [-0.4, -0.2) is 23.8 Å². The number of fused-ring (bicyclic) bond motifs is 1. The Morgan fingerprint density at radius 3 is 2.88 bits per heavy atom. The number of nitrogens with zero attached hydrogens (tertiary/aromatic N) is 1. The molecule has 90 valence electrons. The number of hydrogen-bond donors (Lipinski definition) is 2. The predicted molar refractivity (Wildman–Crippen MR) is 53.2 cm³/mol. The normalized spacial score (nSPS) is 20.9. The van der Waals surface area contributed by atoms with Crippen LogP contribution in [0.2, 0.25) is 0 Å². The molecule has 2 N–H and O–H groups in total. The minimum absolute atomic E-state index is 0.0795. The Bertz CT molecular complexity index is 370. The van der Waals surface area contributed by atoms with Crippen molar-refractivity contribution in [2.75, 3.05) is 13.6 Å². The van der Waals surface area contributed by atoms with Gasteiger partial charge in [-0.15, -0.1) is 0 Å². The quantitative estimate of drug-likeness (QED) is 0.821. The number of rotatable bonds is 2. The zero-order chi connectivity index (χ0) is 11.8. The Balaban J connectivity index is 2.40. The van der Waals surface area contributed by atoms with Crippen LogP contribution < -0.4 is 5.32 Å². The number of nitrogens with one attached hydrogen (secondary N) is 2. The molecule has 0 saturated heterocycles. The van der Waals surface area contributed by atoms with Gasteiger partial charge in [0.1, 0.15) is 0 Å². The highest BCUT2D eigenvalue weighted by Crippen LogP contribution is 2.39. The molecule has 1 aromatic heterocycles. The summed E-state index contributed by atoms with van der Waals surface area (Å²) in [6.45, 7) is 0.565. The summed E-state index contributed by atoms with van der Waals surface area (Å²) in [6.07, 6.45) is -1.98. The topological polar surface area (TPSA) is 40.7 Å². The van der Waals surface area contributed by atoms with E-state index in [1.54, 1.807) is 7.05 Å². The number of hydrogen-bond acceptors (Lipinski definition) is 2. The molecule has 0 saturated carbocycles. The van der Waals surface area contributed by atoms with Crippen LogP contribution in [0.3, 0.4) is 0 Å². The van der Waals surface area contributed by atoms with Crippen LogP contribution in [0.5, 0.6) is 0 Å². The molecule has 2 rings (SSSR count). The molecule has 1 aliphatic carbocycles. The highest BCUT2D eigenvalue weighted by Gasteiger charge is 2.40. The zero-order valence-electron chi connectivity index (χ0n) is 8.99. The Labute approximate surface area is 91.4 Å². The van der Waals surface area contributed by atoms with Crippen molar-refractivity contribution >= 4 is 0 Å². The van der Waals surface area contributed by atoms with E-state index in [1.807, 2.05) is 0 Å². The fourth-order valence-corrected chi connectivity index (χ4v) is 2.35. The predicted octanol–water partition coefficient (Wildman–Crippen LogP) is 2.07. The number of alkyl halides is 3. The number of aromatic nitrogens is 2. The minimum Gasteiger partial charge on any atom is -0.319 e. The van der Waals surface area contributed by atoms with Crippen molar-refractivity contribution in [2.45, 2.75) is 31.4 Å². The second kappa shape index (κ2) is 4.08. The van der Waals surface area contributed by atoms with Crippen molar-refractivity contribution < 1.29 is 13.2 Å². The van der Waals surface area contributed by atoms with Crippen molar-refractivity contribution in [3.63, 3.8) is 0 Å². The van der Waals surface area contributed by atoms with Crippen LogP contribution in [0.15, 0.2) is 0 Å². The molecule has 0 spiro atoms. The van der Waals surface area contributed by atoms with Crippen molar-refractivity contribution in [3.8, 4) is 0 Å². The van der Waals surface area contributed by atoms with Gasteiger partial charge in [-0.05, 0) is 26.3 Å². The highest BCUT2D eigenvalue weighted by molar-refractivity contribution is 5.33. The highest BCUT2D eigenvalue weighted by atomic mass is 19.4. The lowest BCUT2D eigenvalue weighted by molar-refractivity contribution is -0.142. The molecule has 1 atom stereocenters. The van der Waals surface area contributed by atoms with Crippen molar-refractivity contribution in [3.05, 3.63) is 17.0 Å². The van der Waals surface area contributed by atoms with E-state index >= 15 is 0 Å². The lowest BCUT2D eigenvalue weighted by atomic mass is 9.85. The summed E-state index contributed by atoms with van der Waals surface area (Å²) < 4.78 is 38.2. The second-order valence-corrected chi connectivity index (χ2v) is 4.11. The summed E-state index contributed by atoms with van der Waals surface area (Å²) in [5.74, 6) is -0.0795. The molecule has 3 nitrogen and oxygen atoms in total. The SMILES string of the molecule is CNCC1CCCc2[nH]nc(C(F)(F)F)c21. The van der Waals surface area contributed by atoms with Crippen molar-refractivity contribution in [1.29, 1.82) is 0 Å². The van der Waals surface area contributed by atoms with E-state index in [2.05, 4.69) is 15.5 Å². The lowest BCUT2D eigenvalue weighted by Crippen LogP contribution is -2.23. The molecule has 0 radical (unpaired) electrons. The molecule has 0 amide bonds. The van der Waals surface area contributed by atoms with Crippen LogP contribution in [0.4, 0.5) is 13.2 Å². The van der Waals surface area contributed by atoms with Gasteiger partial charge in [0.25, 0.3) is 0 Å². The largest absolute Gasteiger partial charge is 0.435 e. The van der Waals surface area contributed by atoms with Crippen LogP contribution >= 0.6 is 0 Å². The first kappa shape index (κ1) is 11.4. The van der Waals surface area contributed by atoms with E-state index in [9.17, 15) is 13.2 Å². The molecule has 0 bridgehead atoms. The Morgan fingerprint density at radius 1 is 1.50 bits per heavy atom. The average Bonchev–Trinajstić information content (AvgIpc) is 2.62. The molecule has 0 aliphatic heterocycles. The standard InChI is InChI=1S/C10H14F3N3/c1-14-5-6-3-2-4-7-8(6)9(16-15-7)10(11,12)13/h6,14H,2-5H2,1H3,(H,15,16). The lowest BCUT2D eigenvalue weighted by Gasteiger charge is -2.23. The van der Waals surface area contributed by atoms with Gasteiger partial charge in [-0.2, -0.15) is 18.3 Å². The molecule has 6 heteroatoms. The summed E-state index contributed by atoms with van der Waals surface area (Å²) in [4.78, 5) is 0. The van der Waals surface area contributed by atoms with Crippen LogP contribution in [-0.2, 0) is 12.6 Å². The Morgan fingerprint density at radius 2 is 2.25 bits per heavy atom. The van der Waals surface area contributed by atoms with Gasteiger partial charge < -0.3 is 5.32 Å². The van der Waals surface area contributed by atoms with Gasteiger partial charge in [0.2, 0.25) is 0 Å². The third-order valence-corrected chi connectivity index (χ3v) is 2.99. The minimum atomic E-state index is -4.35. The summed E-state index contributed by atoms with van der Waals surface area (Å²) >= 11 is 0. The van der Waals surface area contributed by atoms with Crippen molar-refractivity contribution in [2.24, 2.45) is 0 Å². The fraction of sp³-hybridized carbons (Fsp3) is 0.700. The molecule has 1 aliphatic rings. The maximum absolute atomic E-state index is 12.7. The molecule has 1 unspecified atom stereocenters. The molecular weight excluding hydrogens is 219 g/mol. The second-order valence-electron chi connectivity index (χ2n) is 4.11. The number of halogens is 3. The van der Waals surface area contributed by atoms with Gasteiger partial charge in [-0.25, -0.2) is 0 Å². The number of H-pyrrole nitrogens is 1. The summed E-state index contributed by atoms with van der Waals surface area (Å²) in [6, 6.07) is 0. The smallest absolute Gasteiger partial charge is 0.319 e. The molecule has 1 aromatic rings. The third kappa shape index (κ3) is 1.93. The van der Waals surface area contributed by atoms with E-state index < -0.39 is 11.9 Å². The summed E-state index contributed by atoms with van der Waals surface area (Å²) in [5.41, 5.74) is 0.286. The van der Waals surface area contributed by atoms with Gasteiger partial charge in [0, 0.05) is 23.7 Å². The van der Waals surface area contributed by atoms with E-state index in [4.69, 9.17) is 0 Å². The monoisotopic (exact) mass is 233 g/mol. The summed E-state index contributed by atoms with van der Waals surface area (Å²) in [5, 5.41) is 8.88. The van der Waals surface area contributed by atoms with E-state index in [0.29, 0.717) is 24.2 Å².